The van der Waals surface area contributed by atoms with Gasteiger partial charge in [-0.3, -0.25) is 4.79 Å². The van der Waals surface area contributed by atoms with E-state index in [9.17, 15) is 9.90 Å². The van der Waals surface area contributed by atoms with Crippen molar-refractivity contribution >= 4 is 5.91 Å². The summed E-state index contributed by atoms with van der Waals surface area (Å²) in [5.74, 6) is 1.15. The number of carbonyl (C=O) groups excluding carboxylic acids is 1. The van der Waals surface area contributed by atoms with E-state index in [1.807, 2.05) is 6.92 Å². The monoisotopic (exact) mass is 276 g/mol. The van der Waals surface area contributed by atoms with Crippen LogP contribution in [0, 0.1) is 18.8 Å². The largest absolute Gasteiger partial charge is 0.508 e. The normalized spacial score (nSPS) is 22.5. The Morgan fingerprint density at radius 1 is 1.35 bits per heavy atom. The highest BCUT2D eigenvalue weighted by Crippen LogP contribution is 2.28. The molecule has 0 aromatic heterocycles. The predicted molar refractivity (Wildman–Crippen MR) is 79.7 cm³/mol. The smallest absolute Gasteiger partial charge is 0.251 e. The van der Waals surface area contributed by atoms with Crippen LogP contribution in [-0.4, -0.2) is 24.1 Å². The summed E-state index contributed by atoms with van der Waals surface area (Å²) < 4.78 is 0. The molecule has 1 saturated carbocycles. The van der Waals surface area contributed by atoms with E-state index >= 15 is 0 Å². The van der Waals surface area contributed by atoms with Gasteiger partial charge in [0.2, 0.25) is 0 Å². The molecule has 0 saturated heterocycles. The maximum atomic E-state index is 12.2. The number of amides is 1. The highest BCUT2D eigenvalue weighted by atomic mass is 16.3. The zero-order valence-corrected chi connectivity index (χ0v) is 12.1. The van der Waals surface area contributed by atoms with Crippen molar-refractivity contribution in [2.75, 3.05) is 13.1 Å². The predicted octanol–water partition coefficient (Wildman–Crippen LogP) is 2.20. The van der Waals surface area contributed by atoms with E-state index in [-0.39, 0.29) is 11.7 Å². The van der Waals surface area contributed by atoms with E-state index in [1.165, 1.54) is 19.3 Å². The number of hydrogen-bond donors (Lipinski definition) is 3. The van der Waals surface area contributed by atoms with Crippen molar-refractivity contribution in [1.29, 1.82) is 0 Å². The molecular weight excluding hydrogens is 252 g/mol. The maximum absolute atomic E-state index is 12.2. The summed E-state index contributed by atoms with van der Waals surface area (Å²) in [6.07, 6.45) is 4.81. The lowest BCUT2D eigenvalue weighted by Gasteiger charge is -2.30. The lowest BCUT2D eigenvalue weighted by molar-refractivity contribution is 0.0934. The number of phenolic OH excluding ortho intramolecular Hbond substituents is 1. The van der Waals surface area contributed by atoms with Gasteiger partial charge in [0.1, 0.15) is 5.75 Å². The van der Waals surface area contributed by atoms with E-state index in [2.05, 4.69) is 5.32 Å². The first kappa shape index (κ1) is 14.9. The molecule has 2 atom stereocenters. The molecule has 4 nitrogen and oxygen atoms in total. The van der Waals surface area contributed by atoms with Gasteiger partial charge in [-0.05, 0) is 61.9 Å². The minimum Gasteiger partial charge on any atom is -0.508 e. The molecule has 2 rings (SSSR count). The fourth-order valence-electron chi connectivity index (χ4n) is 3.09. The third-order valence-electron chi connectivity index (χ3n) is 4.35. The van der Waals surface area contributed by atoms with Crippen LogP contribution < -0.4 is 11.1 Å². The molecule has 1 aromatic rings. The van der Waals surface area contributed by atoms with Gasteiger partial charge in [-0.25, -0.2) is 0 Å². The van der Waals surface area contributed by atoms with Crippen LogP contribution in [0.3, 0.4) is 0 Å². The number of benzene rings is 1. The molecule has 0 bridgehead atoms. The molecule has 110 valence electrons. The molecule has 0 spiro atoms. The van der Waals surface area contributed by atoms with E-state index < -0.39 is 0 Å². The first-order chi connectivity index (χ1) is 9.61. The second kappa shape index (κ2) is 6.75. The van der Waals surface area contributed by atoms with Crippen LogP contribution in [0.4, 0.5) is 0 Å². The summed E-state index contributed by atoms with van der Waals surface area (Å²) >= 11 is 0. The Bertz CT molecular complexity index is 474. The average Bonchev–Trinajstić information content (AvgIpc) is 2.45. The number of nitrogens with one attached hydrogen (secondary N) is 1. The van der Waals surface area contributed by atoms with Crippen LogP contribution >= 0.6 is 0 Å². The second-order valence-electron chi connectivity index (χ2n) is 5.75. The topological polar surface area (TPSA) is 75.3 Å². The van der Waals surface area contributed by atoms with E-state index in [4.69, 9.17) is 5.73 Å². The molecule has 2 unspecified atom stereocenters. The molecular formula is C16H24N2O2. The molecule has 1 aromatic carbocycles. The molecule has 4 heteroatoms. The molecule has 0 aliphatic heterocycles. The van der Waals surface area contributed by atoms with Gasteiger partial charge in [0.25, 0.3) is 5.91 Å². The van der Waals surface area contributed by atoms with Crippen molar-refractivity contribution in [1.82, 2.24) is 5.32 Å². The van der Waals surface area contributed by atoms with Gasteiger partial charge >= 0.3 is 0 Å². The van der Waals surface area contributed by atoms with Gasteiger partial charge in [0.05, 0.1) is 0 Å². The fourth-order valence-corrected chi connectivity index (χ4v) is 3.09. The van der Waals surface area contributed by atoms with Crippen LogP contribution in [0.2, 0.25) is 0 Å². The SMILES string of the molecule is Cc1cc(O)ccc1C(=O)NCC1CCCCC1CN. The third kappa shape index (κ3) is 3.51. The van der Waals surface area contributed by atoms with Gasteiger partial charge < -0.3 is 16.2 Å². The Balaban J connectivity index is 1.94. The quantitative estimate of drug-likeness (QED) is 0.789. The lowest BCUT2D eigenvalue weighted by atomic mass is 9.79. The summed E-state index contributed by atoms with van der Waals surface area (Å²) in [5.41, 5.74) is 7.23. The second-order valence-corrected chi connectivity index (χ2v) is 5.75. The number of aromatic hydroxyl groups is 1. The molecule has 1 fully saturated rings. The number of hydrogen-bond acceptors (Lipinski definition) is 3. The number of carbonyl (C=O) groups is 1. The highest BCUT2D eigenvalue weighted by molar-refractivity contribution is 5.95. The summed E-state index contributed by atoms with van der Waals surface area (Å²) in [7, 11) is 0. The number of phenols is 1. The average molecular weight is 276 g/mol. The molecule has 20 heavy (non-hydrogen) atoms. The Hall–Kier alpha value is -1.55. The van der Waals surface area contributed by atoms with E-state index in [0.29, 0.717) is 30.5 Å². The van der Waals surface area contributed by atoms with E-state index in [0.717, 1.165) is 12.0 Å². The van der Waals surface area contributed by atoms with Crippen molar-refractivity contribution in [2.45, 2.75) is 32.6 Å². The zero-order valence-electron chi connectivity index (χ0n) is 12.1. The molecule has 1 amide bonds. The fraction of sp³-hybridized carbons (Fsp3) is 0.562. The van der Waals surface area contributed by atoms with Crippen LogP contribution in [0.25, 0.3) is 0 Å². The van der Waals surface area contributed by atoms with Gasteiger partial charge in [0.15, 0.2) is 0 Å². The molecule has 1 aliphatic carbocycles. The van der Waals surface area contributed by atoms with Gasteiger partial charge in [-0.2, -0.15) is 0 Å². The van der Waals surface area contributed by atoms with Crippen LogP contribution in [0.15, 0.2) is 18.2 Å². The van der Waals surface area contributed by atoms with E-state index in [1.54, 1.807) is 18.2 Å². The zero-order chi connectivity index (χ0) is 14.5. The molecule has 4 N–H and O–H groups in total. The number of nitrogens with two attached hydrogens (primary N) is 1. The summed E-state index contributed by atoms with van der Waals surface area (Å²) in [6, 6.07) is 4.82. The van der Waals surface area contributed by atoms with Crippen LogP contribution in [-0.2, 0) is 0 Å². The first-order valence-corrected chi connectivity index (χ1v) is 7.39. The van der Waals surface area contributed by atoms with Crippen LogP contribution in [0.1, 0.15) is 41.6 Å². The van der Waals surface area contributed by atoms with Gasteiger partial charge in [-0.1, -0.05) is 12.8 Å². The minimum absolute atomic E-state index is 0.0659. The Morgan fingerprint density at radius 3 is 2.70 bits per heavy atom. The first-order valence-electron chi connectivity index (χ1n) is 7.39. The van der Waals surface area contributed by atoms with Gasteiger partial charge in [-0.15, -0.1) is 0 Å². The highest BCUT2D eigenvalue weighted by Gasteiger charge is 2.24. The molecule has 0 heterocycles. The minimum atomic E-state index is -0.0659. The number of rotatable bonds is 4. The summed E-state index contributed by atoms with van der Waals surface area (Å²) in [4.78, 5) is 12.2. The Labute approximate surface area is 120 Å². The summed E-state index contributed by atoms with van der Waals surface area (Å²) in [6.45, 7) is 3.23. The Kier molecular flexibility index (Phi) is 5.01. The molecule has 0 radical (unpaired) electrons. The van der Waals surface area contributed by atoms with Crippen molar-refractivity contribution in [3.63, 3.8) is 0 Å². The standard InChI is InChI=1S/C16H24N2O2/c1-11-8-14(19)6-7-15(11)16(20)18-10-13-5-3-2-4-12(13)9-17/h6-8,12-13,19H,2-5,9-10,17H2,1H3,(H,18,20). The lowest BCUT2D eigenvalue weighted by Crippen LogP contribution is -2.37. The van der Waals surface area contributed by atoms with Crippen molar-refractivity contribution in [3.8, 4) is 5.75 Å². The summed E-state index contributed by atoms with van der Waals surface area (Å²) in [5, 5.41) is 12.4. The van der Waals surface area contributed by atoms with Gasteiger partial charge in [0, 0.05) is 12.1 Å². The number of aryl methyl sites for hydroxylation is 1. The third-order valence-corrected chi connectivity index (χ3v) is 4.35. The van der Waals surface area contributed by atoms with Crippen molar-refractivity contribution in [2.24, 2.45) is 17.6 Å². The van der Waals surface area contributed by atoms with Crippen molar-refractivity contribution in [3.05, 3.63) is 29.3 Å². The van der Waals surface area contributed by atoms with Crippen LogP contribution in [0.5, 0.6) is 5.75 Å². The molecule has 1 aliphatic rings. The maximum Gasteiger partial charge on any atom is 0.251 e. The Morgan fingerprint density at radius 2 is 2.05 bits per heavy atom. The van der Waals surface area contributed by atoms with Crippen molar-refractivity contribution < 1.29 is 9.90 Å².